The van der Waals surface area contributed by atoms with Gasteiger partial charge < -0.3 is 0 Å². The summed E-state index contributed by atoms with van der Waals surface area (Å²) in [5, 5.41) is -2.74. The number of benzene rings is 1. The fourth-order valence-electron chi connectivity index (χ4n) is 2.52. The summed E-state index contributed by atoms with van der Waals surface area (Å²) in [5.41, 5.74) is -1.48. The highest BCUT2D eigenvalue weighted by molar-refractivity contribution is 7.92. The van der Waals surface area contributed by atoms with Crippen molar-refractivity contribution in [3.8, 4) is 0 Å². The average molecular weight is 378 g/mol. The van der Waals surface area contributed by atoms with Gasteiger partial charge in [0, 0.05) is 6.04 Å². The van der Waals surface area contributed by atoms with Crippen LogP contribution in [0, 0.1) is 5.82 Å². The van der Waals surface area contributed by atoms with E-state index in [0.29, 0.717) is 6.07 Å². The molecule has 10 heteroatoms. The van der Waals surface area contributed by atoms with Crippen LogP contribution >= 0.6 is 11.8 Å². The monoisotopic (exact) mass is 377 g/mol. The highest BCUT2D eigenvalue weighted by atomic mass is 35.5. The van der Waals surface area contributed by atoms with Gasteiger partial charge in [-0.25, -0.2) is 22.0 Å². The molecule has 0 bridgehead atoms. The second kappa shape index (κ2) is 6.18. The number of sulfone groups is 1. The molecule has 0 unspecified atom stereocenters. The van der Waals surface area contributed by atoms with Crippen LogP contribution in [0.25, 0.3) is 0 Å². The van der Waals surface area contributed by atoms with Crippen molar-refractivity contribution in [3.05, 3.63) is 29.6 Å². The summed E-state index contributed by atoms with van der Waals surface area (Å²) in [6.07, 6.45) is -5.60. The molecule has 0 heterocycles. The molecule has 2 rings (SSSR count). The van der Waals surface area contributed by atoms with Gasteiger partial charge in [-0.2, -0.15) is 13.2 Å². The van der Waals surface area contributed by atoms with Gasteiger partial charge in [-0.15, -0.1) is 0 Å². The summed E-state index contributed by atoms with van der Waals surface area (Å²) in [5.74, 6) is -1.39. The molecule has 1 fully saturated rings. The van der Waals surface area contributed by atoms with Gasteiger partial charge in [0.1, 0.15) is 5.82 Å². The van der Waals surface area contributed by atoms with E-state index in [1.54, 1.807) is 0 Å². The Morgan fingerprint density at radius 1 is 1.17 bits per heavy atom. The van der Waals surface area contributed by atoms with E-state index in [-0.39, 0.29) is 31.0 Å². The zero-order chi connectivity index (χ0) is 17.5. The highest BCUT2D eigenvalue weighted by Crippen LogP contribution is 2.41. The molecular weight excluding hydrogens is 365 g/mol. The van der Waals surface area contributed by atoms with E-state index in [1.807, 2.05) is 0 Å². The van der Waals surface area contributed by atoms with Crippen molar-refractivity contribution in [2.24, 2.45) is 0 Å². The second-order valence-electron chi connectivity index (χ2n) is 5.44. The van der Waals surface area contributed by atoms with Crippen LogP contribution in [0.1, 0.15) is 31.2 Å². The third-order valence-corrected chi connectivity index (χ3v) is 6.41. The number of nitrogens with one attached hydrogen (secondary N) is 1. The lowest BCUT2D eigenvalue weighted by molar-refractivity contribution is -0.137. The SMILES string of the molecule is O=S(=O)(c1cc(F)cc(C(F)(F)F)c1)[C@]1(F)CC[C@H](NCl)CC1. The van der Waals surface area contributed by atoms with Gasteiger partial charge in [0.05, 0.1) is 10.5 Å². The first kappa shape index (κ1) is 18.4. The van der Waals surface area contributed by atoms with Gasteiger partial charge in [0.25, 0.3) is 0 Å². The Labute approximate surface area is 134 Å². The average Bonchev–Trinajstić information content (AvgIpc) is 2.46. The van der Waals surface area contributed by atoms with Gasteiger partial charge in [0.15, 0.2) is 0 Å². The van der Waals surface area contributed by atoms with E-state index in [2.05, 4.69) is 4.84 Å². The van der Waals surface area contributed by atoms with Gasteiger partial charge >= 0.3 is 6.18 Å². The molecule has 0 radical (unpaired) electrons. The van der Waals surface area contributed by atoms with Crippen LogP contribution in [0.2, 0.25) is 0 Å². The van der Waals surface area contributed by atoms with E-state index >= 15 is 0 Å². The first-order chi connectivity index (χ1) is 10.5. The molecule has 3 nitrogen and oxygen atoms in total. The molecule has 0 saturated heterocycles. The smallest absolute Gasteiger partial charge is 0.230 e. The fraction of sp³-hybridized carbons (Fsp3) is 0.538. The highest BCUT2D eigenvalue weighted by Gasteiger charge is 2.48. The molecule has 1 saturated carbocycles. The number of hydrogen-bond donors (Lipinski definition) is 1. The Hall–Kier alpha value is -0.930. The molecule has 23 heavy (non-hydrogen) atoms. The molecule has 1 aromatic carbocycles. The summed E-state index contributed by atoms with van der Waals surface area (Å²) >= 11 is 5.40. The van der Waals surface area contributed by atoms with E-state index < -0.39 is 50.1 Å². The van der Waals surface area contributed by atoms with Crippen molar-refractivity contribution in [1.82, 2.24) is 4.84 Å². The minimum Gasteiger partial charge on any atom is -0.230 e. The minimum absolute atomic E-state index is 0.0979. The molecule has 0 spiro atoms. The third kappa shape index (κ3) is 3.61. The van der Waals surface area contributed by atoms with Crippen molar-refractivity contribution < 1.29 is 30.4 Å². The minimum atomic E-state index is -4.93. The summed E-state index contributed by atoms with van der Waals surface area (Å²) in [6.45, 7) is 0. The van der Waals surface area contributed by atoms with Crippen molar-refractivity contribution >= 4 is 21.6 Å². The normalized spacial score (nSPS) is 26.3. The first-order valence-corrected chi connectivity index (χ1v) is 8.53. The lowest BCUT2D eigenvalue weighted by atomic mass is 9.94. The fourth-order valence-corrected chi connectivity index (χ4v) is 4.48. The third-order valence-electron chi connectivity index (χ3n) is 3.88. The molecule has 130 valence electrons. The van der Waals surface area contributed by atoms with Gasteiger partial charge in [-0.1, -0.05) is 0 Å². The first-order valence-electron chi connectivity index (χ1n) is 6.67. The Bertz CT molecular complexity index is 684. The van der Waals surface area contributed by atoms with E-state index in [9.17, 15) is 30.4 Å². The summed E-state index contributed by atoms with van der Waals surface area (Å²) in [7, 11) is -4.78. The molecule has 0 amide bonds. The van der Waals surface area contributed by atoms with E-state index in [4.69, 9.17) is 11.8 Å². The molecule has 1 N–H and O–H groups in total. The van der Waals surface area contributed by atoms with Gasteiger partial charge in [0.2, 0.25) is 14.8 Å². The maximum atomic E-state index is 14.8. The van der Waals surface area contributed by atoms with Crippen LogP contribution in [-0.2, 0) is 16.0 Å². The lowest BCUT2D eigenvalue weighted by Gasteiger charge is -2.32. The predicted molar refractivity (Wildman–Crippen MR) is 73.7 cm³/mol. The van der Waals surface area contributed by atoms with E-state index in [1.165, 1.54) is 0 Å². The second-order valence-corrected chi connectivity index (χ2v) is 7.87. The Morgan fingerprint density at radius 3 is 2.22 bits per heavy atom. The molecule has 1 aliphatic carbocycles. The van der Waals surface area contributed by atoms with Gasteiger partial charge in [-0.3, -0.25) is 0 Å². The number of halogens is 6. The number of alkyl halides is 4. The Morgan fingerprint density at radius 2 is 1.74 bits per heavy atom. The lowest BCUT2D eigenvalue weighted by Crippen LogP contribution is -2.41. The molecule has 0 atom stereocenters. The van der Waals surface area contributed by atoms with Crippen LogP contribution in [0.4, 0.5) is 22.0 Å². The van der Waals surface area contributed by atoms with Crippen LogP contribution in [0.3, 0.4) is 0 Å². The van der Waals surface area contributed by atoms with Crippen molar-refractivity contribution in [1.29, 1.82) is 0 Å². The molecule has 1 aliphatic rings. The topological polar surface area (TPSA) is 46.2 Å². The molecule has 1 aromatic rings. The van der Waals surface area contributed by atoms with Crippen molar-refractivity contribution in [3.63, 3.8) is 0 Å². The van der Waals surface area contributed by atoms with Crippen LogP contribution in [0.5, 0.6) is 0 Å². The summed E-state index contributed by atoms with van der Waals surface area (Å²) in [6, 6.07) is 0.538. The van der Waals surface area contributed by atoms with Crippen LogP contribution < -0.4 is 4.84 Å². The predicted octanol–water partition coefficient (Wildman–Crippen LogP) is 3.97. The van der Waals surface area contributed by atoms with Crippen LogP contribution in [0.15, 0.2) is 23.1 Å². The maximum absolute atomic E-state index is 14.8. The molecular formula is C13H13ClF5NO2S. The Balaban J connectivity index is 2.42. The molecule has 0 aromatic heterocycles. The summed E-state index contributed by atoms with van der Waals surface area (Å²) < 4.78 is 91.0. The zero-order valence-corrected chi connectivity index (χ0v) is 13.2. The maximum Gasteiger partial charge on any atom is 0.416 e. The van der Waals surface area contributed by atoms with E-state index in [0.717, 1.165) is 0 Å². The van der Waals surface area contributed by atoms with Crippen molar-refractivity contribution in [2.75, 3.05) is 0 Å². The molecule has 0 aliphatic heterocycles. The number of hydrogen-bond acceptors (Lipinski definition) is 3. The van der Waals surface area contributed by atoms with Crippen LogP contribution in [-0.4, -0.2) is 19.5 Å². The van der Waals surface area contributed by atoms with Crippen molar-refractivity contribution in [2.45, 2.75) is 47.8 Å². The quantitative estimate of drug-likeness (QED) is 0.640. The standard InChI is InChI=1S/C13H13ClF5NO2S/c14-20-10-1-3-12(16,4-2-10)23(21,22)11-6-8(13(17,18)19)5-9(15)7-11/h5-7,10,20H,1-4H2/t10-,12+. The largest absolute Gasteiger partial charge is 0.416 e. The summed E-state index contributed by atoms with van der Waals surface area (Å²) in [4.78, 5) is 1.36. The Kier molecular flexibility index (Phi) is 4.94. The van der Waals surface area contributed by atoms with Gasteiger partial charge in [-0.05, 0) is 55.7 Å². The zero-order valence-electron chi connectivity index (χ0n) is 11.6. The number of rotatable bonds is 3.